The minimum Gasteiger partial charge on any atom is -0.484 e. The van der Waals surface area contributed by atoms with Gasteiger partial charge in [0, 0.05) is 0 Å². The molecule has 0 aliphatic heterocycles. The van der Waals surface area contributed by atoms with E-state index in [2.05, 4.69) is 10.6 Å². The highest BCUT2D eigenvalue weighted by molar-refractivity contribution is 6.34. The predicted octanol–water partition coefficient (Wildman–Crippen LogP) is 6.36. The van der Waals surface area contributed by atoms with E-state index < -0.39 is 0 Å². The topological polar surface area (TPSA) is 124 Å². The zero-order valence-electron chi connectivity index (χ0n) is 21.5. The third-order valence-electron chi connectivity index (χ3n) is 5.73. The number of hydrogen-bond acceptors (Lipinski definition) is 6. The lowest BCUT2D eigenvalue weighted by molar-refractivity contribution is -0.118. The van der Waals surface area contributed by atoms with Crippen LogP contribution in [0.25, 0.3) is 0 Å². The highest BCUT2D eigenvalue weighted by Crippen LogP contribution is 2.27. The van der Waals surface area contributed by atoms with E-state index in [1.807, 2.05) is 24.3 Å². The number of nitrogens with zero attached hydrogens (tertiary/aromatic N) is 2. The molecule has 4 rings (SSSR count). The maximum absolute atomic E-state index is 12.3. The van der Waals surface area contributed by atoms with E-state index in [-0.39, 0.29) is 25.0 Å². The van der Waals surface area contributed by atoms with Gasteiger partial charge < -0.3 is 20.1 Å². The van der Waals surface area contributed by atoms with Crippen LogP contribution in [0.4, 0.5) is 11.4 Å². The Bertz CT molecular complexity index is 1520. The largest absolute Gasteiger partial charge is 0.484 e. The van der Waals surface area contributed by atoms with E-state index in [4.69, 9.17) is 43.2 Å². The predicted molar refractivity (Wildman–Crippen MR) is 156 cm³/mol. The molecule has 8 nitrogen and oxygen atoms in total. The highest BCUT2D eigenvalue weighted by atomic mass is 35.5. The molecule has 0 unspecified atom stereocenters. The molecule has 0 saturated carbocycles. The Balaban J connectivity index is 1.28. The maximum Gasteiger partial charge on any atom is 0.262 e. The van der Waals surface area contributed by atoms with Crippen molar-refractivity contribution in [2.45, 2.75) is 6.42 Å². The molecular formula is C31H22Cl2N4O4. The van der Waals surface area contributed by atoms with Gasteiger partial charge in [-0.15, -0.1) is 0 Å². The quantitative estimate of drug-likeness (QED) is 0.223. The summed E-state index contributed by atoms with van der Waals surface area (Å²) in [6, 6.07) is 27.5. The molecule has 2 amide bonds. The Morgan fingerprint density at radius 1 is 0.634 bits per heavy atom. The molecule has 0 spiro atoms. The number of carbonyl (C=O) groups excluding carboxylic acids is 2. The fraction of sp³-hybridized carbons (Fsp3) is 0.0968. The summed E-state index contributed by atoms with van der Waals surface area (Å²) in [5, 5.41) is 23.9. The first-order valence-electron chi connectivity index (χ1n) is 12.3. The third-order valence-corrected chi connectivity index (χ3v) is 6.36. The molecule has 4 aromatic rings. The Morgan fingerprint density at radius 3 is 1.37 bits per heavy atom. The van der Waals surface area contributed by atoms with E-state index in [9.17, 15) is 9.59 Å². The summed E-state index contributed by atoms with van der Waals surface area (Å²) in [7, 11) is 0. The van der Waals surface area contributed by atoms with E-state index in [0.717, 1.165) is 11.1 Å². The molecular weight excluding hydrogens is 563 g/mol. The molecule has 0 aromatic heterocycles. The number of anilines is 2. The fourth-order valence-corrected chi connectivity index (χ4v) is 4.20. The Morgan fingerprint density at radius 2 is 1.02 bits per heavy atom. The minimum atomic E-state index is -0.379. The lowest BCUT2D eigenvalue weighted by atomic mass is 10.0. The van der Waals surface area contributed by atoms with Crippen LogP contribution in [0.3, 0.4) is 0 Å². The van der Waals surface area contributed by atoms with Crippen LogP contribution in [0, 0.1) is 22.7 Å². The number of nitriles is 2. The summed E-state index contributed by atoms with van der Waals surface area (Å²) in [5.41, 5.74) is 3.68. The van der Waals surface area contributed by atoms with Gasteiger partial charge >= 0.3 is 0 Å². The average Bonchev–Trinajstić information content (AvgIpc) is 2.98. The van der Waals surface area contributed by atoms with Gasteiger partial charge in [0.25, 0.3) is 11.8 Å². The summed E-state index contributed by atoms with van der Waals surface area (Å²) < 4.78 is 10.9. The minimum absolute atomic E-state index is 0.215. The van der Waals surface area contributed by atoms with Crippen LogP contribution in [-0.4, -0.2) is 25.0 Å². The van der Waals surface area contributed by atoms with E-state index in [0.29, 0.717) is 50.5 Å². The van der Waals surface area contributed by atoms with Crippen molar-refractivity contribution in [3.8, 4) is 23.6 Å². The summed E-state index contributed by atoms with van der Waals surface area (Å²) >= 11 is 12.8. The molecule has 4 aromatic carbocycles. The molecule has 41 heavy (non-hydrogen) atoms. The number of nitrogens with one attached hydrogen (secondary N) is 2. The molecule has 0 bridgehead atoms. The highest BCUT2D eigenvalue weighted by Gasteiger charge is 2.11. The molecule has 0 radical (unpaired) electrons. The average molecular weight is 585 g/mol. The van der Waals surface area contributed by atoms with Crippen molar-refractivity contribution in [2.24, 2.45) is 0 Å². The second-order valence-electron chi connectivity index (χ2n) is 8.75. The number of hydrogen-bond donors (Lipinski definition) is 2. The van der Waals surface area contributed by atoms with Crippen LogP contribution in [0.15, 0.2) is 84.9 Å². The Labute approximate surface area is 246 Å². The van der Waals surface area contributed by atoms with Crippen molar-refractivity contribution in [3.63, 3.8) is 0 Å². The standard InChI is InChI=1S/C31H22Cl2N4O4/c32-26-14-22(5-11-28(26)36-30(38)18-40-24-7-1-20(16-34)2-8-24)13-23-6-12-29(27(33)15-23)37-31(39)19-41-25-9-3-21(17-35)4-10-25/h1-12,14-15H,13,18-19H2,(H,36,38)(H,37,39). The van der Waals surface area contributed by atoms with Gasteiger partial charge in [-0.3, -0.25) is 9.59 Å². The van der Waals surface area contributed by atoms with E-state index in [1.54, 1.807) is 72.8 Å². The van der Waals surface area contributed by atoms with E-state index in [1.165, 1.54) is 0 Å². The summed E-state index contributed by atoms with van der Waals surface area (Å²) in [6.45, 7) is -0.431. The van der Waals surface area contributed by atoms with Gasteiger partial charge in [0.2, 0.25) is 0 Å². The fourth-order valence-electron chi connectivity index (χ4n) is 3.70. The number of rotatable bonds is 10. The number of ether oxygens (including phenoxy) is 2. The van der Waals surface area contributed by atoms with Gasteiger partial charge in [0.15, 0.2) is 13.2 Å². The first-order chi connectivity index (χ1) is 19.8. The number of halogens is 2. The van der Waals surface area contributed by atoms with Crippen LogP contribution in [0.5, 0.6) is 11.5 Å². The van der Waals surface area contributed by atoms with Gasteiger partial charge in [-0.2, -0.15) is 10.5 Å². The molecule has 10 heteroatoms. The van der Waals surface area contributed by atoms with Crippen molar-refractivity contribution in [3.05, 3.63) is 117 Å². The van der Waals surface area contributed by atoms with Gasteiger partial charge in [-0.05, 0) is 90.3 Å². The lowest BCUT2D eigenvalue weighted by Crippen LogP contribution is -2.20. The SMILES string of the molecule is N#Cc1ccc(OCC(=O)Nc2ccc(Cc3ccc(NC(=O)COc4ccc(C#N)cc4)c(Cl)c3)cc2Cl)cc1. The van der Waals surface area contributed by atoms with Crippen LogP contribution >= 0.6 is 23.2 Å². The second kappa shape index (κ2) is 13.9. The summed E-state index contributed by atoms with van der Waals surface area (Å²) in [5.74, 6) is 0.189. The number of amides is 2. The van der Waals surface area contributed by atoms with Crippen molar-refractivity contribution in [2.75, 3.05) is 23.8 Å². The van der Waals surface area contributed by atoms with Crippen molar-refractivity contribution in [1.29, 1.82) is 10.5 Å². The van der Waals surface area contributed by atoms with Gasteiger partial charge in [0.05, 0.1) is 44.7 Å². The molecule has 0 aliphatic carbocycles. The molecule has 0 saturated heterocycles. The van der Waals surface area contributed by atoms with Crippen molar-refractivity contribution >= 4 is 46.4 Å². The van der Waals surface area contributed by atoms with Gasteiger partial charge in [-0.1, -0.05) is 35.3 Å². The molecule has 0 aliphatic rings. The first-order valence-corrected chi connectivity index (χ1v) is 13.0. The zero-order valence-corrected chi connectivity index (χ0v) is 23.0. The Kier molecular flexibility index (Phi) is 9.80. The van der Waals surface area contributed by atoms with Crippen molar-refractivity contribution in [1.82, 2.24) is 0 Å². The van der Waals surface area contributed by atoms with Crippen molar-refractivity contribution < 1.29 is 19.1 Å². The third kappa shape index (κ3) is 8.48. The lowest BCUT2D eigenvalue weighted by Gasteiger charge is -2.12. The molecule has 0 atom stereocenters. The van der Waals surface area contributed by atoms with Crippen LogP contribution in [0.1, 0.15) is 22.3 Å². The number of carbonyl (C=O) groups is 2. The first kappa shape index (κ1) is 29.0. The number of benzene rings is 4. The smallest absolute Gasteiger partial charge is 0.262 e. The molecule has 204 valence electrons. The molecule has 2 N–H and O–H groups in total. The second-order valence-corrected chi connectivity index (χ2v) is 9.57. The van der Waals surface area contributed by atoms with E-state index >= 15 is 0 Å². The molecule has 0 heterocycles. The monoisotopic (exact) mass is 584 g/mol. The van der Waals surface area contributed by atoms with Crippen LogP contribution < -0.4 is 20.1 Å². The molecule has 0 fully saturated rings. The maximum atomic E-state index is 12.3. The van der Waals surface area contributed by atoms with Crippen LogP contribution in [-0.2, 0) is 16.0 Å². The van der Waals surface area contributed by atoms with Gasteiger partial charge in [0.1, 0.15) is 11.5 Å². The Hall–Kier alpha value is -5.02. The zero-order chi connectivity index (χ0) is 29.2. The van der Waals surface area contributed by atoms with Gasteiger partial charge in [-0.25, -0.2) is 0 Å². The summed E-state index contributed by atoms with van der Waals surface area (Å²) in [6.07, 6.45) is 0.519. The normalized spacial score (nSPS) is 10.1. The summed E-state index contributed by atoms with van der Waals surface area (Å²) in [4.78, 5) is 24.6. The van der Waals surface area contributed by atoms with Crippen LogP contribution in [0.2, 0.25) is 10.0 Å².